The van der Waals surface area contributed by atoms with E-state index in [9.17, 15) is 8.78 Å². The van der Waals surface area contributed by atoms with Crippen molar-refractivity contribution in [1.29, 1.82) is 0 Å². The molecule has 110 valence electrons. The van der Waals surface area contributed by atoms with Gasteiger partial charge >= 0.3 is 0 Å². The minimum atomic E-state index is -1.02. The van der Waals surface area contributed by atoms with E-state index in [-0.39, 0.29) is 16.2 Å². The average molecular weight is 306 g/mol. The maximum Gasteiger partial charge on any atom is 0.182 e. The van der Waals surface area contributed by atoms with Crippen molar-refractivity contribution in [3.8, 4) is 0 Å². The van der Waals surface area contributed by atoms with E-state index in [1.54, 1.807) is 0 Å². The summed E-state index contributed by atoms with van der Waals surface area (Å²) in [6.45, 7) is 2.48. The Hall–Kier alpha value is -2.01. The molecule has 0 heterocycles. The van der Waals surface area contributed by atoms with E-state index in [0.717, 1.165) is 12.0 Å². The largest absolute Gasteiger partial charge is 0.389 e. The van der Waals surface area contributed by atoms with Gasteiger partial charge in [-0.3, -0.25) is 0 Å². The minimum absolute atomic E-state index is 0.0815. The summed E-state index contributed by atoms with van der Waals surface area (Å²) in [7, 11) is 0. The third-order valence-corrected chi connectivity index (χ3v) is 3.54. The quantitative estimate of drug-likeness (QED) is 0.826. The number of benzene rings is 2. The number of anilines is 1. The lowest BCUT2D eigenvalue weighted by molar-refractivity contribution is 0.509. The number of halogens is 2. The Morgan fingerprint density at radius 3 is 2.38 bits per heavy atom. The highest BCUT2D eigenvalue weighted by molar-refractivity contribution is 7.80. The molecular formula is C16H16F2N2S. The first kappa shape index (κ1) is 15.4. The molecule has 0 aliphatic heterocycles. The Morgan fingerprint density at radius 1 is 1.10 bits per heavy atom. The predicted molar refractivity (Wildman–Crippen MR) is 85.4 cm³/mol. The van der Waals surface area contributed by atoms with Crippen LogP contribution in [0.2, 0.25) is 0 Å². The topological polar surface area (TPSA) is 38.0 Å². The van der Waals surface area contributed by atoms with Crippen molar-refractivity contribution in [3.63, 3.8) is 0 Å². The lowest BCUT2D eigenvalue weighted by Crippen LogP contribution is -2.14. The Labute approximate surface area is 128 Å². The number of rotatable bonds is 5. The standard InChI is InChI=1S/C16H16F2N2S/c1-2-10-5-3-4-6-11(10)9-20-13-8-7-12(16(19)21)14(17)15(13)18/h3-8,20H,2,9H2,1H3,(H2,19,21). The number of aryl methyl sites for hydroxylation is 1. The molecule has 5 heteroatoms. The first-order valence-electron chi connectivity index (χ1n) is 6.63. The van der Waals surface area contributed by atoms with Gasteiger partial charge in [-0.15, -0.1) is 0 Å². The molecule has 3 N–H and O–H groups in total. The van der Waals surface area contributed by atoms with E-state index >= 15 is 0 Å². The lowest BCUT2D eigenvalue weighted by atomic mass is 10.1. The fourth-order valence-corrected chi connectivity index (χ4v) is 2.30. The van der Waals surface area contributed by atoms with Crippen molar-refractivity contribution < 1.29 is 8.78 Å². The number of nitrogens with two attached hydrogens (primary N) is 1. The zero-order valence-electron chi connectivity index (χ0n) is 11.6. The van der Waals surface area contributed by atoms with E-state index in [1.807, 2.05) is 24.3 Å². The molecule has 0 radical (unpaired) electrons. The summed E-state index contributed by atoms with van der Waals surface area (Å²) >= 11 is 4.68. The Kier molecular flexibility index (Phi) is 4.85. The van der Waals surface area contributed by atoms with Crippen molar-refractivity contribution in [1.82, 2.24) is 0 Å². The van der Waals surface area contributed by atoms with Gasteiger partial charge in [0.05, 0.1) is 5.69 Å². The molecule has 0 spiro atoms. The van der Waals surface area contributed by atoms with E-state index in [1.165, 1.54) is 17.7 Å². The van der Waals surface area contributed by atoms with Crippen molar-refractivity contribution in [2.24, 2.45) is 5.73 Å². The molecule has 0 fully saturated rings. The third-order valence-electron chi connectivity index (χ3n) is 3.32. The fourth-order valence-electron chi connectivity index (χ4n) is 2.14. The minimum Gasteiger partial charge on any atom is -0.389 e. The van der Waals surface area contributed by atoms with Crippen LogP contribution in [-0.4, -0.2) is 4.99 Å². The SMILES string of the molecule is CCc1ccccc1CNc1ccc(C(N)=S)c(F)c1F. The highest BCUT2D eigenvalue weighted by Gasteiger charge is 2.14. The van der Waals surface area contributed by atoms with Gasteiger partial charge in [-0.05, 0) is 29.7 Å². The second-order valence-corrected chi connectivity index (χ2v) is 5.07. The van der Waals surface area contributed by atoms with Gasteiger partial charge < -0.3 is 11.1 Å². The van der Waals surface area contributed by atoms with Gasteiger partial charge in [0.1, 0.15) is 4.99 Å². The second kappa shape index (κ2) is 6.63. The molecule has 0 saturated heterocycles. The van der Waals surface area contributed by atoms with Gasteiger partial charge in [0.25, 0.3) is 0 Å². The molecule has 2 rings (SSSR count). The van der Waals surface area contributed by atoms with Crippen LogP contribution in [0.5, 0.6) is 0 Å². The summed E-state index contributed by atoms with van der Waals surface area (Å²) < 4.78 is 27.8. The molecule has 0 aliphatic carbocycles. The molecule has 0 saturated carbocycles. The van der Waals surface area contributed by atoms with Crippen LogP contribution in [0.1, 0.15) is 23.6 Å². The van der Waals surface area contributed by atoms with Crippen molar-refractivity contribution in [3.05, 3.63) is 64.7 Å². The van der Waals surface area contributed by atoms with E-state index in [2.05, 4.69) is 24.5 Å². The monoisotopic (exact) mass is 306 g/mol. The molecule has 2 aromatic rings. The van der Waals surface area contributed by atoms with Crippen LogP contribution in [0.4, 0.5) is 14.5 Å². The van der Waals surface area contributed by atoms with Crippen LogP contribution in [0.3, 0.4) is 0 Å². The number of thiocarbonyl (C=S) groups is 1. The molecular weight excluding hydrogens is 290 g/mol. The van der Waals surface area contributed by atoms with Gasteiger partial charge in [-0.2, -0.15) is 0 Å². The number of nitrogens with one attached hydrogen (secondary N) is 1. The van der Waals surface area contributed by atoms with Crippen LogP contribution >= 0.6 is 12.2 Å². The average Bonchev–Trinajstić information content (AvgIpc) is 2.48. The fraction of sp³-hybridized carbons (Fsp3) is 0.188. The highest BCUT2D eigenvalue weighted by atomic mass is 32.1. The maximum atomic E-state index is 14.0. The maximum absolute atomic E-state index is 14.0. The summed E-state index contributed by atoms with van der Waals surface area (Å²) in [5.74, 6) is -1.98. The van der Waals surface area contributed by atoms with Gasteiger partial charge in [0, 0.05) is 12.1 Å². The second-order valence-electron chi connectivity index (χ2n) is 4.63. The summed E-state index contributed by atoms with van der Waals surface area (Å²) in [6.07, 6.45) is 0.884. The molecule has 0 bridgehead atoms. The molecule has 0 aromatic heterocycles. The predicted octanol–water partition coefficient (Wildman–Crippen LogP) is 3.77. The number of hydrogen-bond acceptors (Lipinski definition) is 2. The summed E-state index contributed by atoms with van der Waals surface area (Å²) in [6, 6.07) is 10.7. The van der Waals surface area contributed by atoms with Gasteiger partial charge in [0.2, 0.25) is 0 Å². The Balaban J connectivity index is 2.21. The van der Waals surface area contributed by atoms with Crippen LogP contribution < -0.4 is 11.1 Å². The van der Waals surface area contributed by atoms with Crippen LogP contribution in [0, 0.1) is 11.6 Å². The van der Waals surface area contributed by atoms with Crippen LogP contribution in [-0.2, 0) is 13.0 Å². The van der Waals surface area contributed by atoms with Gasteiger partial charge in [-0.1, -0.05) is 43.4 Å². The first-order valence-corrected chi connectivity index (χ1v) is 7.03. The van der Waals surface area contributed by atoms with Crippen molar-refractivity contribution in [2.75, 3.05) is 5.32 Å². The third kappa shape index (κ3) is 3.36. The number of hydrogen-bond donors (Lipinski definition) is 2. The lowest BCUT2D eigenvalue weighted by Gasteiger charge is -2.12. The normalized spacial score (nSPS) is 10.4. The molecule has 2 nitrogen and oxygen atoms in total. The highest BCUT2D eigenvalue weighted by Crippen LogP contribution is 2.22. The molecule has 2 aromatic carbocycles. The molecule has 0 aliphatic rings. The van der Waals surface area contributed by atoms with E-state index in [4.69, 9.17) is 5.73 Å². The Bertz CT molecular complexity index is 671. The van der Waals surface area contributed by atoms with E-state index in [0.29, 0.717) is 6.54 Å². The smallest absolute Gasteiger partial charge is 0.182 e. The molecule has 21 heavy (non-hydrogen) atoms. The van der Waals surface area contributed by atoms with Crippen molar-refractivity contribution in [2.45, 2.75) is 19.9 Å². The zero-order chi connectivity index (χ0) is 15.4. The summed E-state index contributed by atoms with van der Waals surface area (Å²) in [5.41, 5.74) is 7.58. The van der Waals surface area contributed by atoms with Crippen LogP contribution in [0.25, 0.3) is 0 Å². The summed E-state index contributed by atoms with van der Waals surface area (Å²) in [5, 5.41) is 2.91. The Morgan fingerprint density at radius 2 is 1.76 bits per heavy atom. The molecule has 0 unspecified atom stereocenters. The van der Waals surface area contributed by atoms with Crippen molar-refractivity contribution >= 4 is 22.9 Å². The zero-order valence-corrected chi connectivity index (χ0v) is 12.4. The first-order chi connectivity index (χ1) is 10.0. The summed E-state index contributed by atoms with van der Waals surface area (Å²) in [4.78, 5) is -0.158. The molecule has 0 amide bonds. The van der Waals surface area contributed by atoms with Gasteiger partial charge in [0.15, 0.2) is 11.6 Å². The van der Waals surface area contributed by atoms with Crippen LogP contribution in [0.15, 0.2) is 36.4 Å². The molecule has 0 atom stereocenters. The van der Waals surface area contributed by atoms with E-state index < -0.39 is 11.6 Å². The van der Waals surface area contributed by atoms with Gasteiger partial charge in [-0.25, -0.2) is 8.78 Å².